The molecule has 144 valence electrons. The summed E-state index contributed by atoms with van der Waals surface area (Å²) in [6.45, 7) is 5.06. The van der Waals surface area contributed by atoms with Gasteiger partial charge in [-0.25, -0.2) is 4.79 Å². The summed E-state index contributed by atoms with van der Waals surface area (Å²) in [5.74, 6) is -0.167. The van der Waals surface area contributed by atoms with E-state index in [0.29, 0.717) is 10.6 Å². The van der Waals surface area contributed by atoms with Gasteiger partial charge in [0.25, 0.3) is 5.91 Å². The maximum absolute atomic E-state index is 13.0. The smallest absolute Gasteiger partial charge is 0.317 e. The summed E-state index contributed by atoms with van der Waals surface area (Å²) in [7, 11) is 0. The molecule has 1 aliphatic rings. The molecule has 1 aromatic heterocycles. The minimum Gasteiger partial charge on any atom is -0.351 e. The van der Waals surface area contributed by atoms with Crippen LogP contribution in [-0.2, 0) is 0 Å². The van der Waals surface area contributed by atoms with Crippen LogP contribution >= 0.6 is 11.3 Å². The van der Waals surface area contributed by atoms with E-state index in [-0.39, 0.29) is 11.9 Å². The van der Waals surface area contributed by atoms with Gasteiger partial charge in [-0.1, -0.05) is 43.7 Å². The fourth-order valence-electron chi connectivity index (χ4n) is 3.40. The number of hydrogen-bond donors (Lipinski definition) is 3. The lowest BCUT2D eigenvalue weighted by Crippen LogP contribution is -2.42. The summed E-state index contributed by atoms with van der Waals surface area (Å²) in [5.41, 5.74) is 6.76. The highest BCUT2D eigenvalue weighted by Crippen LogP contribution is 2.35. The highest BCUT2D eigenvalue weighted by Gasteiger charge is 2.23. The topological polar surface area (TPSA) is 87.5 Å². The Balaban J connectivity index is 1.82. The summed E-state index contributed by atoms with van der Waals surface area (Å²) >= 11 is 1.36. The van der Waals surface area contributed by atoms with Gasteiger partial charge in [0.05, 0.1) is 5.56 Å². The third-order valence-corrected chi connectivity index (χ3v) is 5.91. The number of thiophene rings is 1. The third kappa shape index (κ3) is 5.08. The predicted octanol–water partition coefficient (Wildman–Crippen LogP) is 3.51. The zero-order valence-electron chi connectivity index (χ0n) is 15.5. The van der Waals surface area contributed by atoms with Gasteiger partial charge in [0, 0.05) is 17.5 Å². The minimum atomic E-state index is -0.669. The summed E-state index contributed by atoms with van der Waals surface area (Å²) in [5, 5.41) is 6.24. The molecular formula is C20H26N4O2S. The van der Waals surface area contributed by atoms with Gasteiger partial charge in [0.15, 0.2) is 0 Å². The van der Waals surface area contributed by atoms with Crippen LogP contribution in [0, 0.1) is 0 Å². The lowest BCUT2D eigenvalue weighted by Gasteiger charge is -2.23. The number of likely N-dealkylation sites (tertiary alicyclic amines) is 1. The average molecular weight is 387 g/mol. The Morgan fingerprint density at radius 3 is 2.74 bits per heavy atom. The monoisotopic (exact) mass is 386 g/mol. The number of nitrogens with one attached hydrogen (secondary N) is 2. The summed E-state index contributed by atoms with van der Waals surface area (Å²) < 4.78 is 0. The molecule has 1 atom stereocenters. The van der Waals surface area contributed by atoms with Crippen LogP contribution in [0.2, 0.25) is 0 Å². The lowest BCUT2D eigenvalue weighted by molar-refractivity contribution is 0.0928. The number of hydrogen-bond acceptors (Lipinski definition) is 4. The van der Waals surface area contributed by atoms with Crippen LogP contribution in [-0.4, -0.2) is 42.5 Å². The van der Waals surface area contributed by atoms with E-state index in [4.69, 9.17) is 5.73 Å². The first-order valence-electron chi connectivity index (χ1n) is 9.35. The van der Waals surface area contributed by atoms with Crippen LogP contribution in [0.4, 0.5) is 9.80 Å². The maximum Gasteiger partial charge on any atom is 0.317 e. The van der Waals surface area contributed by atoms with Gasteiger partial charge in [-0.15, -0.1) is 11.3 Å². The molecule has 0 bridgehead atoms. The molecule has 2 aromatic rings. The molecule has 0 spiro atoms. The van der Waals surface area contributed by atoms with E-state index >= 15 is 0 Å². The van der Waals surface area contributed by atoms with Gasteiger partial charge in [0.1, 0.15) is 5.00 Å². The Morgan fingerprint density at radius 2 is 2.04 bits per heavy atom. The average Bonchev–Trinajstić information content (AvgIpc) is 2.93. The molecule has 0 unspecified atom stereocenters. The number of urea groups is 1. The first kappa shape index (κ1) is 19.4. The van der Waals surface area contributed by atoms with Gasteiger partial charge >= 0.3 is 6.03 Å². The number of carbonyl (C=O) groups excluding carboxylic acids is 2. The number of likely N-dealkylation sites (N-methyl/N-ethyl adjacent to an activating group) is 1. The Kier molecular flexibility index (Phi) is 6.47. The summed E-state index contributed by atoms with van der Waals surface area (Å²) in [6, 6.07) is 11.1. The molecule has 2 heterocycles. The van der Waals surface area contributed by atoms with E-state index < -0.39 is 6.03 Å². The zero-order valence-corrected chi connectivity index (χ0v) is 16.3. The number of nitrogens with zero attached hydrogens (tertiary/aromatic N) is 1. The van der Waals surface area contributed by atoms with Crippen molar-refractivity contribution < 1.29 is 9.59 Å². The summed E-state index contributed by atoms with van der Waals surface area (Å²) in [4.78, 5) is 27.6. The number of primary amides is 1. The first-order chi connectivity index (χ1) is 13.1. The lowest BCUT2D eigenvalue weighted by atomic mass is 10.1. The highest BCUT2D eigenvalue weighted by atomic mass is 32.1. The van der Waals surface area contributed by atoms with Gasteiger partial charge in [-0.3, -0.25) is 10.1 Å². The Bertz CT molecular complexity index is 791. The Labute approximate surface area is 163 Å². The van der Waals surface area contributed by atoms with E-state index in [0.717, 1.165) is 49.3 Å². The Morgan fingerprint density at radius 1 is 1.26 bits per heavy atom. The number of carbonyl (C=O) groups is 2. The van der Waals surface area contributed by atoms with E-state index in [1.54, 1.807) is 0 Å². The Hall–Kier alpha value is -2.38. The van der Waals surface area contributed by atoms with Crippen molar-refractivity contribution >= 4 is 28.3 Å². The molecular weight excluding hydrogens is 360 g/mol. The van der Waals surface area contributed by atoms with Crippen LogP contribution in [0.3, 0.4) is 0 Å². The van der Waals surface area contributed by atoms with E-state index in [2.05, 4.69) is 22.5 Å². The molecule has 1 aliphatic heterocycles. The molecule has 1 aromatic carbocycles. The highest BCUT2D eigenvalue weighted by molar-refractivity contribution is 7.20. The number of nitrogens with two attached hydrogens (primary N) is 1. The number of benzene rings is 1. The van der Waals surface area contributed by atoms with E-state index in [1.165, 1.54) is 11.3 Å². The van der Waals surface area contributed by atoms with Crippen molar-refractivity contribution in [2.45, 2.75) is 32.2 Å². The fraction of sp³-hybridized carbons (Fsp3) is 0.400. The molecule has 1 fully saturated rings. The second-order valence-electron chi connectivity index (χ2n) is 6.77. The van der Waals surface area contributed by atoms with Crippen molar-refractivity contribution in [2.75, 3.05) is 25.0 Å². The van der Waals surface area contributed by atoms with Crippen molar-refractivity contribution in [1.82, 2.24) is 10.2 Å². The van der Waals surface area contributed by atoms with Gasteiger partial charge in [0.2, 0.25) is 0 Å². The fourth-order valence-corrected chi connectivity index (χ4v) is 4.46. The number of amides is 3. The zero-order chi connectivity index (χ0) is 19.2. The predicted molar refractivity (Wildman–Crippen MR) is 110 cm³/mol. The number of rotatable bonds is 5. The molecule has 27 heavy (non-hydrogen) atoms. The van der Waals surface area contributed by atoms with Crippen molar-refractivity contribution in [3.05, 3.63) is 42.0 Å². The third-order valence-electron chi connectivity index (χ3n) is 4.81. The quantitative estimate of drug-likeness (QED) is 0.735. The largest absolute Gasteiger partial charge is 0.351 e. The summed E-state index contributed by atoms with van der Waals surface area (Å²) in [6.07, 6.45) is 3.23. The first-order valence-corrected chi connectivity index (χ1v) is 10.2. The van der Waals surface area contributed by atoms with Crippen LogP contribution < -0.4 is 16.4 Å². The molecule has 0 aliphatic carbocycles. The van der Waals surface area contributed by atoms with Crippen molar-refractivity contribution in [1.29, 1.82) is 0 Å². The van der Waals surface area contributed by atoms with Crippen molar-refractivity contribution in [2.24, 2.45) is 5.73 Å². The molecule has 0 radical (unpaired) electrons. The van der Waals surface area contributed by atoms with E-state index in [9.17, 15) is 9.59 Å². The second kappa shape index (κ2) is 9.01. The van der Waals surface area contributed by atoms with Gasteiger partial charge in [-0.05, 0) is 37.6 Å². The van der Waals surface area contributed by atoms with Crippen molar-refractivity contribution in [3.63, 3.8) is 0 Å². The maximum atomic E-state index is 13.0. The number of anilines is 1. The van der Waals surface area contributed by atoms with Crippen LogP contribution in [0.25, 0.3) is 10.4 Å². The molecule has 4 N–H and O–H groups in total. The molecule has 3 rings (SSSR count). The van der Waals surface area contributed by atoms with Gasteiger partial charge < -0.3 is 16.0 Å². The van der Waals surface area contributed by atoms with Gasteiger partial charge in [-0.2, -0.15) is 0 Å². The van der Waals surface area contributed by atoms with E-state index in [1.807, 2.05) is 36.4 Å². The molecule has 3 amide bonds. The van der Waals surface area contributed by atoms with Crippen LogP contribution in [0.15, 0.2) is 36.4 Å². The molecule has 1 saturated heterocycles. The normalized spacial score (nSPS) is 17.9. The van der Waals surface area contributed by atoms with Crippen molar-refractivity contribution in [3.8, 4) is 10.4 Å². The molecule has 0 saturated carbocycles. The SMILES string of the molecule is CCN1CCCC[C@H](NC(=O)c2cc(-c3ccccc3)sc2NC(N)=O)C1. The molecule has 6 nitrogen and oxygen atoms in total. The van der Waals surface area contributed by atoms with Crippen LogP contribution in [0.1, 0.15) is 36.5 Å². The standard InChI is InChI=1S/C20H26N4O2S/c1-2-24-11-7-6-10-15(13-24)22-18(25)16-12-17(14-8-4-3-5-9-14)27-19(16)23-20(21)26/h3-5,8-9,12,15H,2,6-7,10-11,13H2,1H3,(H,22,25)(H3,21,23,26)/t15-/m0/s1. The molecule has 7 heteroatoms. The van der Waals surface area contributed by atoms with Crippen LogP contribution in [0.5, 0.6) is 0 Å². The second-order valence-corrected chi connectivity index (χ2v) is 7.82. The minimum absolute atomic E-state index is 0.112.